The number of likely N-dealkylation sites (N-methyl/N-ethyl adjacent to an activating group) is 1. The minimum atomic E-state index is -0.399. The molecular formula is C34H36ClN3O5. The van der Waals surface area contributed by atoms with Crippen LogP contribution in [-0.4, -0.2) is 73.2 Å². The molecule has 3 heterocycles. The van der Waals surface area contributed by atoms with Crippen molar-refractivity contribution in [3.8, 4) is 5.75 Å². The van der Waals surface area contributed by atoms with Crippen molar-refractivity contribution in [3.63, 3.8) is 0 Å². The third-order valence-electron chi connectivity index (χ3n) is 8.52. The predicted molar refractivity (Wildman–Crippen MR) is 169 cm³/mol. The minimum Gasteiger partial charge on any atom is -0.451 e. The molecule has 0 spiro atoms. The molecule has 2 aliphatic rings. The monoisotopic (exact) mass is 601 g/mol. The van der Waals surface area contributed by atoms with E-state index >= 15 is 0 Å². The van der Waals surface area contributed by atoms with Crippen LogP contribution in [0.25, 0.3) is 21.7 Å². The second-order valence-electron chi connectivity index (χ2n) is 11.6. The molecule has 0 radical (unpaired) electrons. The van der Waals surface area contributed by atoms with E-state index in [9.17, 15) is 14.4 Å². The highest BCUT2D eigenvalue weighted by atomic mass is 35.5. The number of alkyl halides is 1. The van der Waals surface area contributed by atoms with E-state index in [2.05, 4.69) is 11.8 Å². The highest BCUT2D eigenvalue weighted by Gasteiger charge is 2.36. The highest BCUT2D eigenvalue weighted by Crippen LogP contribution is 2.46. The first kappa shape index (κ1) is 29.2. The molecule has 224 valence electrons. The number of carbonyl (C=O) groups is 3. The molecular weight excluding hydrogens is 566 g/mol. The number of carbonyl (C=O) groups excluding carboxylic acids is 3. The fraction of sp³-hybridized carbons (Fsp3) is 0.382. The van der Waals surface area contributed by atoms with Gasteiger partial charge >= 0.3 is 6.09 Å². The standard InChI is InChI=1S/C34H36ClN3O5/c1-3-4-7-25(39)17-22-10-11-29-23(16-22)18-31(42-29)33(40)38-21-24(20-35)32-27-9-6-5-8-26(27)30(19-28(32)38)43-34(41)37-14-12-36(2)13-15-37/h5-6,8-11,16,18-19,24H,3-4,7,12-15,17,20-21H2,1-2H3/t24-/m1/s1. The number of nitrogens with zero attached hydrogens (tertiary/aromatic N) is 3. The van der Waals surface area contributed by atoms with Crippen LogP contribution in [0.2, 0.25) is 0 Å². The third-order valence-corrected chi connectivity index (χ3v) is 8.89. The molecule has 0 N–H and O–H groups in total. The van der Waals surface area contributed by atoms with Gasteiger partial charge in [0, 0.05) is 74.2 Å². The molecule has 0 unspecified atom stereocenters. The number of unbranched alkanes of at least 4 members (excludes halogenated alkanes) is 1. The summed E-state index contributed by atoms with van der Waals surface area (Å²) in [6.07, 6.45) is 2.41. The number of benzene rings is 3. The van der Waals surface area contributed by atoms with E-state index in [-0.39, 0.29) is 23.4 Å². The van der Waals surface area contributed by atoms with Gasteiger partial charge in [-0.1, -0.05) is 43.7 Å². The molecule has 0 bridgehead atoms. The molecule has 1 saturated heterocycles. The van der Waals surface area contributed by atoms with Gasteiger partial charge in [-0.2, -0.15) is 0 Å². The number of halogens is 1. The fourth-order valence-electron chi connectivity index (χ4n) is 6.09. The highest BCUT2D eigenvalue weighted by molar-refractivity contribution is 6.19. The SMILES string of the molecule is CCCCC(=O)Cc1ccc2oc(C(=O)N3C[C@@H](CCl)c4c3cc(OC(=O)N3CCN(C)CC3)c3ccccc43)cc2c1. The molecule has 1 aromatic heterocycles. The molecule has 0 saturated carbocycles. The molecule has 3 aromatic carbocycles. The van der Waals surface area contributed by atoms with Crippen LogP contribution in [0.3, 0.4) is 0 Å². The summed E-state index contributed by atoms with van der Waals surface area (Å²) in [7, 11) is 2.03. The van der Waals surface area contributed by atoms with Crippen LogP contribution in [-0.2, 0) is 11.2 Å². The molecule has 9 heteroatoms. The smallest absolute Gasteiger partial charge is 0.415 e. The van der Waals surface area contributed by atoms with Crippen molar-refractivity contribution in [1.29, 1.82) is 0 Å². The van der Waals surface area contributed by atoms with E-state index in [0.29, 0.717) is 55.4 Å². The van der Waals surface area contributed by atoms with Crippen LogP contribution < -0.4 is 9.64 Å². The minimum absolute atomic E-state index is 0.0991. The lowest BCUT2D eigenvalue weighted by molar-refractivity contribution is -0.118. The number of ketones is 1. The number of hydrogen-bond donors (Lipinski definition) is 0. The molecule has 2 amide bonds. The van der Waals surface area contributed by atoms with Gasteiger partial charge in [-0.3, -0.25) is 9.59 Å². The lowest BCUT2D eigenvalue weighted by atomic mass is 9.95. The van der Waals surface area contributed by atoms with Crippen molar-refractivity contribution in [2.75, 3.05) is 50.6 Å². The van der Waals surface area contributed by atoms with Crippen LogP contribution in [0.5, 0.6) is 5.75 Å². The van der Waals surface area contributed by atoms with Gasteiger partial charge in [-0.15, -0.1) is 11.6 Å². The van der Waals surface area contributed by atoms with Gasteiger partial charge in [0.15, 0.2) is 5.76 Å². The van der Waals surface area contributed by atoms with Gasteiger partial charge in [0.2, 0.25) is 0 Å². The molecule has 8 nitrogen and oxygen atoms in total. The van der Waals surface area contributed by atoms with Crippen molar-refractivity contribution in [2.24, 2.45) is 0 Å². The summed E-state index contributed by atoms with van der Waals surface area (Å²) in [6.45, 7) is 5.21. The quantitative estimate of drug-likeness (QED) is 0.211. The first-order valence-corrected chi connectivity index (χ1v) is 15.5. The zero-order valence-electron chi connectivity index (χ0n) is 24.6. The Bertz CT molecular complexity index is 1690. The Morgan fingerprint density at radius 1 is 1.00 bits per heavy atom. The summed E-state index contributed by atoms with van der Waals surface area (Å²) >= 11 is 6.46. The van der Waals surface area contributed by atoms with Gasteiger partial charge in [0.25, 0.3) is 5.91 Å². The number of Topliss-reactive ketones (excluding diaryl/α,β-unsaturated/α-hetero) is 1. The summed E-state index contributed by atoms with van der Waals surface area (Å²) in [6, 6.07) is 16.9. The molecule has 0 aliphatic carbocycles. The Balaban J connectivity index is 1.32. The number of anilines is 1. The maximum Gasteiger partial charge on any atom is 0.415 e. The molecule has 43 heavy (non-hydrogen) atoms. The summed E-state index contributed by atoms with van der Waals surface area (Å²) in [4.78, 5) is 45.0. The Hall–Kier alpha value is -3.88. The lowest BCUT2D eigenvalue weighted by Crippen LogP contribution is -2.48. The zero-order valence-corrected chi connectivity index (χ0v) is 25.4. The van der Waals surface area contributed by atoms with E-state index in [1.165, 1.54) is 0 Å². The van der Waals surface area contributed by atoms with Gasteiger partial charge in [-0.05, 0) is 48.2 Å². The molecule has 2 aliphatic heterocycles. The topological polar surface area (TPSA) is 83.3 Å². The first-order valence-electron chi connectivity index (χ1n) is 15.0. The van der Waals surface area contributed by atoms with Crippen LogP contribution in [0.4, 0.5) is 10.5 Å². The first-order chi connectivity index (χ1) is 20.9. The maximum absolute atomic E-state index is 14.0. The average molecular weight is 602 g/mol. The van der Waals surface area contributed by atoms with E-state index in [1.807, 2.05) is 49.5 Å². The zero-order chi connectivity index (χ0) is 30.1. The number of furan rings is 1. The second-order valence-corrected chi connectivity index (χ2v) is 11.9. The van der Waals surface area contributed by atoms with Gasteiger partial charge in [-0.25, -0.2) is 4.79 Å². The van der Waals surface area contributed by atoms with Crippen LogP contribution >= 0.6 is 11.6 Å². The van der Waals surface area contributed by atoms with Crippen molar-refractivity contribution in [3.05, 3.63) is 71.5 Å². The Morgan fingerprint density at radius 3 is 2.51 bits per heavy atom. The van der Waals surface area contributed by atoms with Crippen LogP contribution in [0.15, 0.2) is 59.0 Å². The van der Waals surface area contributed by atoms with Crippen molar-refractivity contribution < 1.29 is 23.5 Å². The predicted octanol–water partition coefficient (Wildman–Crippen LogP) is 6.62. The van der Waals surface area contributed by atoms with Gasteiger partial charge < -0.3 is 23.9 Å². The van der Waals surface area contributed by atoms with E-state index in [1.54, 1.807) is 21.9 Å². The maximum atomic E-state index is 14.0. The Morgan fingerprint density at radius 2 is 1.77 bits per heavy atom. The van der Waals surface area contributed by atoms with Gasteiger partial charge in [0.1, 0.15) is 17.1 Å². The number of hydrogen-bond acceptors (Lipinski definition) is 6. The second kappa shape index (κ2) is 12.4. The fourth-order valence-corrected chi connectivity index (χ4v) is 6.35. The van der Waals surface area contributed by atoms with Gasteiger partial charge in [0.05, 0.1) is 5.69 Å². The van der Waals surface area contributed by atoms with E-state index in [4.69, 9.17) is 20.8 Å². The number of piperazine rings is 1. The summed E-state index contributed by atoms with van der Waals surface area (Å²) in [5.74, 6) is 0.757. The third kappa shape index (κ3) is 5.86. The molecule has 6 rings (SSSR count). The summed E-state index contributed by atoms with van der Waals surface area (Å²) < 4.78 is 12.0. The summed E-state index contributed by atoms with van der Waals surface area (Å²) in [5, 5.41) is 2.49. The molecule has 4 aromatic rings. The van der Waals surface area contributed by atoms with Crippen LogP contribution in [0.1, 0.15) is 53.8 Å². The average Bonchev–Trinajstić information content (AvgIpc) is 3.61. The molecule has 1 atom stereocenters. The molecule has 1 fully saturated rings. The lowest BCUT2D eigenvalue weighted by Gasteiger charge is -2.31. The largest absolute Gasteiger partial charge is 0.451 e. The Kier molecular flexibility index (Phi) is 8.41. The number of amides is 2. The normalized spacial score (nSPS) is 17.0. The van der Waals surface area contributed by atoms with Crippen LogP contribution in [0, 0.1) is 0 Å². The number of fused-ring (bicyclic) bond motifs is 4. The van der Waals surface area contributed by atoms with Crippen molar-refractivity contribution in [2.45, 2.75) is 38.5 Å². The van der Waals surface area contributed by atoms with E-state index < -0.39 is 6.09 Å². The summed E-state index contributed by atoms with van der Waals surface area (Å²) in [5.41, 5.74) is 3.11. The van der Waals surface area contributed by atoms with Crippen molar-refractivity contribution in [1.82, 2.24) is 9.80 Å². The Labute approximate surface area is 256 Å². The van der Waals surface area contributed by atoms with E-state index in [0.717, 1.165) is 53.2 Å². The van der Waals surface area contributed by atoms with Crippen molar-refractivity contribution >= 4 is 56.8 Å². The number of rotatable bonds is 8. The number of ether oxygens (including phenoxy) is 1.